The monoisotopic (exact) mass is 207 g/mol. The minimum Gasteiger partial charge on any atom is -0.350 e. The molecule has 2 aliphatic rings. The van der Waals surface area contributed by atoms with E-state index in [1.165, 1.54) is 0 Å². The van der Waals surface area contributed by atoms with Crippen molar-refractivity contribution in [1.29, 1.82) is 0 Å². The third kappa shape index (κ3) is 1.60. The van der Waals surface area contributed by atoms with Crippen LogP contribution in [0.2, 0.25) is 0 Å². The van der Waals surface area contributed by atoms with E-state index in [1.54, 1.807) is 0 Å². The molecule has 2 atom stereocenters. The van der Waals surface area contributed by atoms with Gasteiger partial charge in [0.15, 0.2) is 0 Å². The number of hydrogen-bond acceptors (Lipinski definition) is 1. The van der Waals surface area contributed by atoms with Gasteiger partial charge in [-0.1, -0.05) is 6.42 Å². The Morgan fingerprint density at radius 3 is 2.57 bits per heavy atom. The molecule has 5 heteroatoms. The van der Waals surface area contributed by atoms with Gasteiger partial charge in [-0.3, -0.25) is 4.79 Å². The summed E-state index contributed by atoms with van der Waals surface area (Å²) in [6.45, 7) is 0. The summed E-state index contributed by atoms with van der Waals surface area (Å²) in [5.74, 6) is -1.34. The molecule has 0 aromatic rings. The number of hydrogen-bond donors (Lipinski definition) is 1. The second-order valence-electron chi connectivity index (χ2n) is 4.34. The van der Waals surface area contributed by atoms with Gasteiger partial charge in [0.2, 0.25) is 5.91 Å². The second-order valence-corrected chi connectivity index (χ2v) is 4.34. The highest BCUT2D eigenvalue weighted by atomic mass is 19.4. The zero-order valence-corrected chi connectivity index (χ0v) is 7.66. The first-order valence-corrected chi connectivity index (χ1v) is 4.79. The molecule has 1 amide bonds. The standard InChI is InChI=1S/C9H12F3NO/c10-9(11,12)6-2-1-3-8(4-6)5-7(14)13-8/h6H,1-5H2,(H,13,14). The van der Waals surface area contributed by atoms with Crippen molar-refractivity contribution in [2.45, 2.75) is 43.8 Å². The molecule has 0 aromatic heterocycles. The van der Waals surface area contributed by atoms with Gasteiger partial charge in [-0.25, -0.2) is 0 Å². The summed E-state index contributed by atoms with van der Waals surface area (Å²) in [6, 6.07) is 0. The Hall–Kier alpha value is -0.740. The van der Waals surface area contributed by atoms with Crippen molar-refractivity contribution in [1.82, 2.24) is 5.32 Å². The molecule has 0 bridgehead atoms. The first-order chi connectivity index (χ1) is 6.41. The number of β-lactam (4-membered cyclic amide) rings is 1. The van der Waals surface area contributed by atoms with E-state index in [-0.39, 0.29) is 25.2 Å². The molecule has 1 spiro atoms. The summed E-state index contributed by atoms with van der Waals surface area (Å²) in [4.78, 5) is 10.7. The minimum absolute atomic E-state index is 0.0717. The van der Waals surface area contributed by atoms with Crippen molar-refractivity contribution in [2.24, 2.45) is 5.92 Å². The number of halogens is 3. The lowest BCUT2D eigenvalue weighted by atomic mass is 9.70. The van der Waals surface area contributed by atoms with Crippen LogP contribution in [0.5, 0.6) is 0 Å². The molecule has 2 rings (SSSR count). The zero-order valence-electron chi connectivity index (χ0n) is 7.66. The van der Waals surface area contributed by atoms with Gasteiger partial charge in [-0.2, -0.15) is 13.2 Å². The van der Waals surface area contributed by atoms with Gasteiger partial charge in [-0.05, 0) is 19.3 Å². The van der Waals surface area contributed by atoms with Crippen molar-refractivity contribution >= 4 is 5.91 Å². The van der Waals surface area contributed by atoms with Gasteiger partial charge in [0.05, 0.1) is 5.92 Å². The average molecular weight is 207 g/mol. The molecule has 0 aromatic carbocycles. The van der Waals surface area contributed by atoms with Crippen molar-refractivity contribution in [3.8, 4) is 0 Å². The molecular weight excluding hydrogens is 195 g/mol. The van der Waals surface area contributed by atoms with E-state index in [2.05, 4.69) is 5.32 Å². The largest absolute Gasteiger partial charge is 0.391 e. The maximum atomic E-state index is 12.4. The number of rotatable bonds is 0. The molecule has 14 heavy (non-hydrogen) atoms. The summed E-state index contributed by atoms with van der Waals surface area (Å²) in [5.41, 5.74) is -0.518. The van der Waals surface area contributed by atoms with E-state index < -0.39 is 17.6 Å². The highest BCUT2D eigenvalue weighted by Gasteiger charge is 2.52. The Balaban J connectivity index is 2.02. The van der Waals surface area contributed by atoms with E-state index >= 15 is 0 Å². The fraction of sp³-hybridized carbons (Fsp3) is 0.889. The summed E-state index contributed by atoms with van der Waals surface area (Å²) in [5, 5.41) is 2.62. The molecule has 2 nitrogen and oxygen atoms in total. The first-order valence-electron chi connectivity index (χ1n) is 4.79. The van der Waals surface area contributed by atoms with Crippen LogP contribution in [0.15, 0.2) is 0 Å². The van der Waals surface area contributed by atoms with Gasteiger partial charge in [0.25, 0.3) is 0 Å². The summed E-state index contributed by atoms with van der Waals surface area (Å²) in [7, 11) is 0. The van der Waals surface area contributed by atoms with Gasteiger partial charge in [0.1, 0.15) is 0 Å². The number of carbonyl (C=O) groups is 1. The van der Waals surface area contributed by atoms with Gasteiger partial charge >= 0.3 is 6.18 Å². The molecule has 1 aliphatic heterocycles. The van der Waals surface area contributed by atoms with Crippen LogP contribution in [-0.4, -0.2) is 17.6 Å². The lowest BCUT2D eigenvalue weighted by Gasteiger charge is -2.47. The molecule has 80 valence electrons. The maximum Gasteiger partial charge on any atom is 0.391 e. The lowest BCUT2D eigenvalue weighted by molar-refractivity contribution is -0.192. The number of nitrogens with one attached hydrogen (secondary N) is 1. The molecule has 0 radical (unpaired) electrons. The Morgan fingerprint density at radius 2 is 2.07 bits per heavy atom. The first kappa shape index (κ1) is 9.80. The quantitative estimate of drug-likeness (QED) is 0.605. The van der Waals surface area contributed by atoms with Gasteiger partial charge in [-0.15, -0.1) is 0 Å². The normalized spacial score (nSPS) is 37.9. The third-order valence-corrected chi connectivity index (χ3v) is 3.21. The van der Waals surface area contributed by atoms with Crippen LogP contribution in [0.3, 0.4) is 0 Å². The fourth-order valence-corrected chi connectivity index (χ4v) is 2.50. The summed E-state index contributed by atoms with van der Waals surface area (Å²) >= 11 is 0. The number of alkyl halides is 3. The van der Waals surface area contributed by atoms with E-state index in [0.717, 1.165) is 0 Å². The third-order valence-electron chi connectivity index (χ3n) is 3.21. The Bertz CT molecular complexity index is 253. The molecule has 1 aliphatic carbocycles. The molecule has 1 saturated heterocycles. The second kappa shape index (κ2) is 2.87. The summed E-state index contributed by atoms with van der Waals surface area (Å²) < 4.78 is 37.3. The van der Waals surface area contributed by atoms with Crippen molar-refractivity contribution in [2.75, 3.05) is 0 Å². The van der Waals surface area contributed by atoms with E-state index in [1.807, 2.05) is 0 Å². The average Bonchev–Trinajstić information content (AvgIpc) is 2.00. The molecule has 1 N–H and O–H groups in total. The van der Waals surface area contributed by atoms with Crippen LogP contribution in [0, 0.1) is 5.92 Å². The smallest absolute Gasteiger partial charge is 0.350 e. The predicted octanol–water partition coefficient (Wildman–Crippen LogP) is 2.00. The zero-order chi connectivity index (χ0) is 10.4. The SMILES string of the molecule is O=C1CC2(CCCC(C(F)(F)F)C2)N1. The van der Waals surface area contributed by atoms with Crippen LogP contribution in [0.4, 0.5) is 13.2 Å². The Kier molecular flexibility index (Phi) is 2.01. The molecular formula is C9H12F3NO. The highest BCUT2D eigenvalue weighted by Crippen LogP contribution is 2.45. The van der Waals surface area contributed by atoms with E-state index in [0.29, 0.717) is 12.8 Å². The van der Waals surface area contributed by atoms with Gasteiger partial charge < -0.3 is 5.32 Å². The van der Waals surface area contributed by atoms with Crippen LogP contribution in [0.25, 0.3) is 0 Å². The molecule has 2 fully saturated rings. The molecule has 1 saturated carbocycles. The van der Waals surface area contributed by atoms with Crippen LogP contribution in [0.1, 0.15) is 32.1 Å². The van der Waals surface area contributed by atoms with Gasteiger partial charge in [0, 0.05) is 12.0 Å². The topological polar surface area (TPSA) is 29.1 Å². The van der Waals surface area contributed by atoms with Crippen molar-refractivity contribution in [3.05, 3.63) is 0 Å². The highest BCUT2D eigenvalue weighted by molar-refractivity contribution is 5.84. The minimum atomic E-state index is -4.10. The lowest BCUT2D eigenvalue weighted by Crippen LogP contribution is -2.63. The molecule has 2 unspecified atom stereocenters. The Labute approximate surface area is 79.9 Å². The van der Waals surface area contributed by atoms with Crippen LogP contribution < -0.4 is 5.32 Å². The van der Waals surface area contributed by atoms with Crippen LogP contribution in [-0.2, 0) is 4.79 Å². The molecule has 1 heterocycles. The predicted molar refractivity (Wildman–Crippen MR) is 43.5 cm³/mol. The van der Waals surface area contributed by atoms with Crippen molar-refractivity contribution < 1.29 is 18.0 Å². The number of carbonyl (C=O) groups excluding carboxylic acids is 1. The summed E-state index contributed by atoms with van der Waals surface area (Å²) in [6.07, 6.45) is -2.29. The Morgan fingerprint density at radius 1 is 1.43 bits per heavy atom. The van der Waals surface area contributed by atoms with Crippen molar-refractivity contribution in [3.63, 3.8) is 0 Å². The van der Waals surface area contributed by atoms with E-state index in [4.69, 9.17) is 0 Å². The fourth-order valence-electron chi connectivity index (χ4n) is 2.50. The number of amides is 1. The maximum absolute atomic E-state index is 12.4. The van der Waals surface area contributed by atoms with E-state index in [9.17, 15) is 18.0 Å². The van der Waals surface area contributed by atoms with Crippen LogP contribution >= 0.6 is 0 Å².